The van der Waals surface area contributed by atoms with E-state index < -0.39 is 5.97 Å². The first-order valence-electron chi connectivity index (χ1n) is 7.01. The maximum Gasteiger partial charge on any atom is 0.322 e. The molecule has 1 aromatic carbocycles. The molecule has 2 N–H and O–H groups in total. The number of carbonyl (C=O) groups is 2. The highest BCUT2D eigenvalue weighted by Gasteiger charge is 2.22. The number of hydrogen-bond acceptors (Lipinski definition) is 2. The molecule has 1 fully saturated rings. The number of para-hydroxylation sites is 1. The van der Waals surface area contributed by atoms with Crippen molar-refractivity contribution in [1.29, 1.82) is 0 Å². The van der Waals surface area contributed by atoms with E-state index in [2.05, 4.69) is 5.32 Å². The summed E-state index contributed by atoms with van der Waals surface area (Å²) in [6, 6.07) is 9.19. The first kappa shape index (κ1) is 14.4. The van der Waals surface area contributed by atoms with E-state index in [0.717, 1.165) is 31.4 Å². The normalized spacial score (nSPS) is 15.0. The monoisotopic (exact) mass is 276 g/mol. The highest BCUT2D eigenvalue weighted by Crippen LogP contribution is 2.19. The number of carboxylic acid groups (broad SMARTS) is 1. The smallest absolute Gasteiger partial charge is 0.322 e. The Balaban J connectivity index is 2.04. The third-order valence-corrected chi connectivity index (χ3v) is 3.55. The third-order valence-electron chi connectivity index (χ3n) is 3.55. The predicted molar refractivity (Wildman–Crippen MR) is 76.8 cm³/mol. The molecule has 0 aliphatic heterocycles. The molecule has 0 bridgehead atoms. The van der Waals surface area contributed by atoms with E-state index >= 15 is 0 Å². The summed E-state index contributed by atoms with van der Waals surface area (Å²) in [7, 11) is 0. The number of urea groups is 1. The van der Waals surface area contributed by atoms with Gasteiger partial charge in [0.05, 0.1) is 6.42 Å². The van der Waals surface area contributed by atoms with Gasteiger partial charge < -0.3 is 10.4 Å². The summed E-state index contributed by atoms with van der Waals surface area (Å²) in [4.78, 5) is 24.6. The van der Waals surface area contributed by atoms with Crippen molar-refractivity contribution in [2.24, 2.45) is 0 Å². The van der Waals surface area contributed by atoms with Crippen LogP contribution in [0.25, 0.3) is 0 Å². The molecule has 1 aromatic rings. The second-order valence-electron chi connectivity index (χ2n) is 5.06. The van der Waals surface area contributed by atoms with Crippen LogP contribution in [0.15, 0.2) is 30.3 Å². The Hall–Kier alpha value is -2.04. The van der Waals surface area contributed by atoms with Gasteiger partial charge in [0, 0.05) is 18.3 Å². The van der Waals surface area contributed by atoms with Gasteiger partial charge >= 0.3 is 12.0 Å². The number of nitrogens with one attached hydrogen (secondary N) is 1. The summed E-state index contributed by atoms with van der Waals surface area (Å²) < 4.78 is 0. The molecule has 0 saturated heterocycles. The van der Waals surface area contributed by atoms with Crippen molar-refractivity contribution in [1.82, 2.24) is 5.32 Å². The number of anilines is 1. The lowest BCUT2D eigenvalue weighted by Crippen LogP contribution is -2.45. The molecule has 2 amide bonds. The molecule has 0 heterocycles. The molecule has 20 heavy (non-hydrogen) atoms. The number of carboxylic acids is 1. The largest absolute Gasteiger partial charge is 0.481 e. The van der Waals surface area contributed by atoms with Crippen LogP contribution in [0.2, 0.25) is 0 Å². The van der Waals surface area contributed by atoms with Crippen LogP contribution in [0.4, 0.5) is 10.5 Å². The van der Waals surface area contributed by atoms with Gasteiger partial charge in [-0.05, 0) is 25.0 Å². The van der Waals surface area contributed by atoms with Gasteiger partial charge in [0.1, 0.15) is 0 Å². The highest BCUT2D eigenvalue weighted by molar-refractivity contribution is 5.92. The predicted octanol–water partition coefficient (Wildman–Crippen LogP) is 2.62. The van der Waals surface area contributed by atoms with Crippen LogP contribution in [0.5, 0.6) is 0 Å². The van der Waals surface area contributed by atoms with Gasteiger partial charge in [0.15, 0.2) is 0 Å². The van der Waals surface area contributed by atoms with Crippen LogP contribution in [0.1, 0.15) is 32.1 Å². The number of amides is 2. The number of aliphatic carboxylic acids is 1. The fraction of sp³-hybridized carbons (Fsp3) is 0.467. The van der Waals surface area contributed by atoms with Crippen LogP contribution in [0.3, 0.4) is 0 Å². The summed E-state index contributed by atoms with van der Waals surface area (Å²) >= 11 is 0. The summed E-state index contributed by atoms with van der Waals surface area (Å²) in [6.07, 6.45) is 4.24. The van der Waals surface area contributed by atoms with Gasteiger partial charge in [-0.1, -0.05) is 31.0 Å². The van der Waals surface area contributed by atoms with E-state index in [-0.39, 0.29) is 25.0 Å². The van der Waals surface area contributed by atoms with Crippen molar-refractivity contribution >= 4 is 17.7 Å². The van der Waals surface area contributed by atoms with Gasteiger partial charge in [0.2, 0.25) is 0 Å². The second-order valence-corrected chi connectivity index (χ2v) is 5.06. The van der Waals surface area contributed by atoms with E-state index in [0.29, 0.717) is 0 Å². The van der Waals surface area contributed by atoms with E-state index in [1.807, 2.05) is 30.3 Å². The summed E-state index contributed by atoms with van der Waals surface area (Å²) in [5.41, 5.74) is 0.726. The zero-order valence-corrected chi connectivity index (χ0v) is 11.4. The number of carbonyl (C=O) groups excluding carboxylic acids is 1. The molecule has 1 aliphatic carbocycles. The maximum absolute atomic E-state index is 12.3. The Morgan fingerprint density at radius 3 is 2.45 bits per heavy atom. The minimum Gasteiger partial charge on any atom is -0.481 e. The summed E-state index contributed by atoms with van der Waals surface area (Å²) in [5.74, 6) is -0.903. The van der Waals surface area contributed by atoms with E-state index in [1.54, 1.807) is 0 Å². The van der Waals surface area contributed by atoms with Crippen molar-refractivity contribution in [2.45, 2.75) is 38.1 Å². The lowest BCUT2D eigenvalue weighted by Gasteiger charge is -2.24. The molecule has 0 spiro atoms. The first-order chi connectivity index (χ1) is 9.66. The van der Waals surface area contributed by atoms with Gasteiger partial charge in [-0.2, -0.15) is 0 Å². The lowest BCUT2D eigenvalue weighted by molar-refractivity contribution is -0.136. The molecule has 2 rings (SSSR count). The molecule has 5 heteroatoms. The molecule has 1 aliphatic rings. The fourth-order valence-electron chi connectivity index (χ4n) is 2.49. The zero-order valence-electron chi connectivity index (χ0n) is 11.4. The third kappa shape index (κ3) is 3.98. The quantitative estimate of drug-likeness (QED) is 0.868. The van der Waals surface area contributed by atoms with Crippen molar-refractivity contribution in [3.05, 3.63) is 30.3 Å². The molecule has 5 nitrogen and oxygen atoms in total. The van der Waals surface area contributed by atoms with Crippen molar-refractivity contribution in [3.63, 3.8) is 0 Å². The molecule has 1 saturated carbocycles. The van der Waals surface area contributed by atoms with Crippen LogP contribution in [0, 0.1) is 0 Å². The summed E-state index contributed by atoms with van der Waals surface area (Å²) in [6.45, 7) is 0.178. The minimum atomic E-state index is -0.903. The first-order valence-corrected chi connectivity index (χ1v) is 7.01. The second kappa shape index (κ2) is 6.93. The fourth-order valence-corrected chi connectivity index (χ4v) is 2.49. The zero-order chi connectivity index (χ0) is 14.4. The van der Waals surface area contributed by atoms with Gasteiger partial charge in [-0.3, -0.25) is 9.69 Å². The van der Waals surface area contributed by atoms with Gasteiger partial charge in [-0.15, -0.1) is 0 Å². The lowest BCUT2D eigenvalue weighted by atomic mass is 10.2. The van der Waals surface area contributed by atoms with E-state index in [1.165, 1.54) is 4.90 Å². The van der Waals surface area contributed by atoms with Crippen molar-refractivity contribution in [3.8, 4) is 0 Å². The summed E-state index contributed by atoms with van der Waals surface area (Å²) in [5, 5.41) is 11.8. The Morgan fingerprint density at radius 2 is 1.85 bits per heavy atom. The Bertz CT molecular complexity index is 455. The Kier molecular flexibility index (Phi) is 4.98. The number of benzene rings is 1. The van der Waals surface area contributed by atoms with Crippen LogP contribution < -0.4 is 10.2 Å². The number of hydrogen-bond donors (Lipinski definition) is 2. The van der Waals surface area contributed by atoms with Crippen molar-refractivity contribution in [2.75, 3.05) is 11.4 Å². The van der Waals surface area contributed by atoms with Crippen molar-refractivity contribution < 1.29 is 14.7 Å². The van der Waals surface area contributed by atoms with E-state index in [9.17, 15) is 9.59 Å². The molecular weight excluding hydrogens is 256 g/mol. The number of rotatable bonds is 5. The Morgan fingerprint density at radius 1 is 1.20 bits per heavy atom. The standard InChI is InChI=1S/C15H20N2O3/c18-14(19)10-11-17(13-8-2-1-3-9-13)15(20)16-12-6-4-5-7-12/h1-3,8-9,12H,4-7,10-11H2,(H,16,20)(H,18,19). The van der Waals surface area contributed by atoms with Crippen LogP contribution >= 0.6 is 0 Å². The molecule has 0 radical (unpaired) electrons. The SMILES string of the molecule is O=C(O)CCN(C(=O)NC1CCCC1)c1ccccc1. The average molecular weight is 276 g/mol. The number of nitrogens with zero attached hydrogens (tertiary/aromatic N) is 1. The molecule has 0 aromatic heterocycles. The Labute approximate surface area is 118 Å². The van der Waals surface area contributed by atoms with Gasteiger partial charge in [-0.25, -0.2) is 4.79 Å². The highest BCUT2D eigenvalue weighted by atomic mass is 16.4. The van der Waals surface area contributed by atoms with Gasteiger partial charge in [0.25, 0.3) is 0 Å². The average Bonchev–Trinajstić information content (AvgIpc) is 2.92. The maximum atomic E-state index is 12.3. The van der Waals surface area contributed by atoms with Crippen LogP contribution in [-0.2, 0) is 4.79 Å². The minimum absolute atomic E-state index is 0.0625. The van der Waals surface area contributed by atoms with Crippen LogP contribution in [-0.4, -0.2) is 29.7 Å². The molecule has 108 valence electrons. The topological polar surface area (TPSA) is 69.6 Å². The molecular formula is C15H20N2O3. The molecule has 0 unspecified atom stereocenters. The molecule has 0 atom stereocenters. The van der Waals surface area contributed by atoms with E-state index in [4.69, 9.17) is 5.11 Å².